The standard InChI is InChI=1S/C20H22BN7O5/c1-10(29)15-4-2-3-11-5-12(21(32)33-17(11)15)6-14(30)9-28-8-13(26-27-28)7-16-18(22)24-20(23)25-19(16)31/h2-4,8,12,32H,5-7,9H2,1H3,(H5,22,23,24,25,31)/t12-/m1/s1. The minimum atomic E-state index is -1.21. The zero-order chi connectivity index (χ0) is 23.7. The zero-order valence-corrected chi connectivity index (χ0v) is 17.8. The first-order valence-electron chi connectivity index (χ1n) is 10.2. The fourth-order valence-corrected chi connectivity index (χ4v) is 3.85. The van der Waals surface area contributed by atoms with Crippen LogP contribution in [0.4, 0.5) is 11.8 Å². The van der Waals surface area contributed by atoms with Crippen molar-refractivity contribution in [3.05, 3.63) is 57.1 Å². The van der Waals surface area contributed by atoms with Crippen molar-refractivity contribution in [1.29, 1.82) is 0 Å². The molecule has 0 saturated heterocycles. The highest BCUT2D eigenvalue weighted by atomic mass is 16.5. The Morgan fingerprint density at radius 1 is 1.36 bits per heavy atom. The first kappa shape index (κ1) is 22.2. The van der Waals surface area contributed by atoms with Gasteiger partial charge < -0.3 is 21.1 Å². The smallest absolute Gasteiger partial charge is 0.526 e. The molecule has 33 heavy (non-hydrogen) atoms. The molecule has 1 atom stereocenters. The molecule has 0 saturated carbocycles. The molecule has 170 valence electrons. The number of aromatic nitrogens is 5. The summed E-state index contributed by atoms with van der Waals surface area (Å²) in [6.07, 6.45) is 2.06. The van der Waals surface area contributed by atoms with E-state index in [9.17, 15) is 19.4 Å². The number of benzene rings is 1. The second kappa shape index (κ2) is 8.86. The van der Waals surface area contributed by atoms with Gasteiger partial charge in [-0.25, -0.2) is 4.68 Å². The molecule has 0 amide bonds. The minimum Gasteiger partial charge on any atom is -0.535 e. The largest absolute Gasteiger partial charge is 0.535 e. The minimum absolute atomic E-state index is 0.00127. The van der Waals surface area contributed by atoms with Gasteiger partial charge in [-0.3, -0.25) is 19.4 Å². The third-order valence-corrected chi connectivity index (χ3v) is 5.44. The van der Waals surface area contributed by atoms with E-state index < -0.39 is 18.5 Å². The lowest BCUT2D eigenvalue weighted by atomic mass is 9.64. The van der Waals surface area contributed by atoms with Crippen LogP contribution in [0.3, 0.4) is 0 Å². The van der Waals surface area contributed by atoms with Gasteiger partial charge in [-0.1, -0.05) is 17.3 Å². The van der Waals surface area contributed by atoms with E-state index in [0.717, 1.165) is 5.56 Å². The molecule has 6 N–H and O–H groups in total. The number of carbonyl (C=O) groups excluding carboxylic acids is 2. The van der Waals surface area contributed by atoms with E-state index in [1.807, 2.05) is 6.07 Å². The van der Waals surface area contributed by atoms with Crippen LogP contribution in [0.15, 0.2) is 29.2 Å². The maximum Gasteiger partial charge on any atom is 0.526 e. The predicted molar refractivity (Wildman–Crippen MR) is 119 cm³/mol. The van der Waals surface area contributed by atoms with Crippen molar-refractivity contribution >= 4 is 30.5 Å². The van der Waals surface area contributed by atoms with Crippen LogP contribution >= 0.6 is 0 Å². The van der Waals surface area contributed by atoms with E-state index in [4.69, 9.17) is 16.1 Å². The third-order valence-electron chi connectivity index (χ3n) is 5.44. The molecule has 1 aliphatic heterocycles. The molecular weight excluding hydrogens is 429 g/mol. The van der Waals surface area contributed by atoms with Crippen LogP contribution in [0.1, 0.15) is 40.5 Å². The summed E-state index contributed by atoms with van der Waals surface area (Å²) in [4.78, 5) is 42.6. The fraction of sp³-hybridized carbons (Fsp3) is 0.300. The first-order chi connectivity index (χ1) is 15.7. The monoisotopic (exact) mass is 451 g/mol. The number of carbonyl (C=O) groups is 2. The Morgan fingerprint density at radius 3 is 2.88 bits per heavy atom. The summed E-state index contributed by atoms with van der Waals surface area (Å²) >= 11 is 0. The molecule has 3 aromatic rings. The van der Waals surface area contributed by atoms with Crippen LogP contribution in [0.25, 0.3) is 0 Å². The lowest BCUT2D eigenvalue weighted by Crippen LogP contribution is -2.36. The molecule has 0 bridgehead atoms. The van der Waals surface area contributed by atoms with Crippen molar-refractivity contribution in [3.8, 4) is 5.75 Å². The van der Waals surface area contributed by atoms with Gasteiger partial charge in [0, 0.05) is 24.9 Å². The zero-order valence-electron chi connectivity index (χ0n) is 17.8. The summed E-state index contributed by atoms with van der Waals surface area (Å²) in [7, 11) is -1.21. The van der Waals surface area contributed by atoms with E-state index in [0.29, 0.717) is 23.4 Å². The summed E-state index contributed by atoms with van der Waals surface area (Å²) < 4.78 is 6.93. The van der Waals surface area contributed by atoms with E-state index in [-0.39, 0.29) is 48.3 Å². The van der Waals surface area contributed by atoms with E-state index in [1.165, 1.54) is 17.8 Å². The number of H-pyrrole nitrogens is 1. The number of aromatic amines is 1. The van der Waals surface area contributed by atoms with Crippen LogP contribution in [0.2, 0.25) is 5.82 Å². The number of nitrogens with two attached hydrogens (primary N) is 2. The number of Topliss-reactive ketones (excluding diaryl/α,β-unsaturated/α-hetero) is 2. The van der Waals surface area contributed by atoms with Gasteiger partial charge in [-0.05, 0) is 25.0 Å². The maximum atomic E-state index is 12.6. The average Bonchev–Trinajstić information content (AvgIpc) is 3.17. The van der Waals surface area contributed by atoms with Crippen molar-refractivity contribution < 1.29 is 19.3 Å². The van der Waals surface area contributed by atoms with Crippen LogP contribution in [0, 0.1) is 0 Å². The second-order valence-corrected chi connectivity index (χ2v) is 7.96. The van der Waals surface area contributed by atoms with Gasteiger partial charge in [0.25, 0.3) is 5.56 Å². The highest BCUT2D eigenvalue weighted by Gasteiger charge is 2.37. The van der Waals surface area contributed by atoms with Gasteiger partial charge in [0.05, 0.1) is 16.8 Å². The van der Waals surface area contributed by atoms with Crippen LogP contribution in [0.5, 0.6) is 5.75 Å². The van der Waals surface area contributed by atoms with E-state index in [1.54, 1.807) is 12.1 Å². The van der Waals surface area contributed by atoms with Crippen LogP contribution in [-0.4, -0.2) is 48.7 Å². The number of hydrogen-bond acceptors (Lipinski definition) is 10. The molecule has 2 aromatic heterocycles. The predicted octanol–water partition coefficient (Wildman–Crippen LogP) is -0.236. The van der Waals surface area contributed by atoms with Crippen molar-refractivity contribution in [1.82, 2.24) is 25.0 Å². The summed E-state index contributed by atoms with van der Waals surface area (Å²) in [5, 5.41) is 18.3. The number of nitrogens with zero attached hydrogens (tertiary/aromatic N) is 4. The Hall–Kier alpha value is -4.00. The topological polar surface area (TPSA) is 192 Å². The summed E-state index contributed by atoms with van der Waals surface area (Å²) in [5.74, 6) is -0.514. The normalized spacial score (nSPS) is 15.1. The number of anilines is 2. The second-order valence-electron chi connectivity index (χ2n) is 7.96. The molecule has 1 aliphatic rings. The Balaban J connectivity index is 1.40. The van der Waals surface area contributed by atoms with Crippen LogP contribution < -0.4 is 21.7 Å². The van der Waals surface area contributed by atoms with Crippen LogP contribution in [-0.2, 0) is 24.2 Å². The SMILES string of the molecule is CC(=O)c1cccc2c1OB(O)[C@@H](CC(=O)Cn1cc(Cc3c(N)nc(N)[nH]c3=O)nn1)C2. The van der Waals surface area contributed by atoms with E-state index in [2.05, 4.69) is 20.3 Å². The molecule has 0 radical (unpaired) electrons. The molecule has 0 aliphatic carbocycles. The number of para-hydroxylation sites is 1. The highest BCUT2D eigenvalue weighted by molar-refractivity contribution is 6.47. The van der Waals surface area contributed by atoms with Gasteiger partial charge >= 0.3 is 7.12 Å². The molecule has 3 heterocycles. The Labute approximate surface area is 188 Å². The molecule has 1 aromatic carbocycles. The molecule has 4 rings (SSSR count). The van der Waals surface area contributed by atoms with Gasteiger partial charge in [0.15, 0.2) is 11.6 Å². The Bertz CT molecular complexity index is 1290. The number of rotatable bonds is 7. The average molecular weight is 451 g/mol. The van der Waals surface area contributed by atoms with Crippen molar-refractivity contribution in [3.63, 3.8) is 0 Å². The van der Waals surface area contributed by atoms with Crippen molar-refractivity contribution in [2.24, 2.45) is 0 Å². The Morgan fingerprint density at radius 2 is 2.15 bits per heavy atom. The van der Waals surface area contributed by atoms with Crippen molar-refractivity contribution in [2.75, 3.05) is 11.5 Å². The molecule has 0 spiro atoms. The van der Waals surface area contributed by atoms with Gasteiger partial charge in [0.1, 0.15) is 18.1 Å². The third kappa shape index (κ3) is 4.77. The van der Waals surface area contributed by atoms with Gasteiger partial charge in [-0.2, -0.15) is 4.98 Å². The number of nitrogens with one attached hydrogen (secondary N) is 1. The number of hydrogen-bond donors (Lipinski definition) is 4. The van der Waals surface area contributed by atoms with Gasteiger partial charge in [0.2, 0.25) is 5.95 Å². The summed E-state index contributed by atoms with van der Waals surface area (Å²) in [6.45, 7) is 1.37. The van der Waals surface area contributed by atoms with Crippen molar-refractivity contribution in [2.45, 2.75) is 38.5 Å². The summed E-state index contributed by atoms with van der Waals surface area (Å²) in [6, 6.07) is 5.21. The molecule has 0 fully saturated rings. The lowest BCUT2D eigenvalue weighted by Gasteiger charge is -2.28. The maximum absolute atomic E-state index is 12.6. The number of fused-ring (bicyclic) bond motifs is 1. The molecule has 12 nitrogen and oxygen atoms in total. The number of nitrogen functional groups attached to an aromatic ring is 2. The van der Waals surface area contributed by atoms with Gasteiger partial charge in [-0.15, -0.1) is 5.10 Å². The fourth-order valence-electron chi connectivity index (χ4n) is 3.85. The lowest BCUT2D eigenvalue weighted by molar-refractivity contribution is -0.120. The number of ketones is 2. The molecule has 13 heteroatoms. The quantitative estimate of drug-likeness (QED) is 0.275. The molecular formula is C20H22BN7O5. The molecule has 0 unspecified atom stereocenters. The summed E-state index contributed by atoms with van der Waals surface area (Å²) in [5.41, 5.74) is 12.6. The Kier molecular flexibility index (Phi) is 5.96. The first-order valence-corrected chi connectivity index (χ1v) is 10.2. The van der Waals surface area contributed by atoms with E-state index >= 15 is 0 Å². The highest BCUT2D eigenvalue weighted by Crippen LogP contribution is 2.36.